The molecule has 0 spiro atoms. The molecule has 2 aromatic rings. The smallest absolute Gasteiger partial charge is 0.339 e. The van der Waals surface area contributed by atoms with Crippen LogP contribution in [0.4, 0.5) is 0 Å². The summed E-state index contributed by atoms with van der Waals surface area (Å²) in [5.41, 5.74) is 1.03. The minimum Gasteiger partial charge on any atom is -0.497 e. The minimum absolute atomic E-state index is 0.0205. The van der Waals surface area contributed by atoms with Crippen molar-refractivity contribution in [3.63, 3.8) is 0 Å². The molecule has 10 heteroatoms. The van der Waals surface area contributed by atoms with Gasteiger partial charge in [0, 0.05) is 12.6 Å². The van der Waals surface area contributed by atoms with Gasteiger partial charge in [0.2, 0.25) is 0 Å². The van der Waals surface area contributed by atoms with E-state index in [2.05, 4.69) is 15.6 Å². The lowest BCUT2D eigenvalue weighted by Gasteiger charge is -2.22. The Morgan fingerprint density at radius 1 is 1.18 bits per heavy atom. The molecule has 0 saturated carbocycles. The van der Waals surface area contributed by atoms with Gasteiger partial charge in [-0.3, -0.25) is 4.79 Å². The lowest BCUT2D eigenvalue weighted by atomic mass is 10.1. The van der Waals surface area contributed by atoms with Gasteiger partial charge in [-0.05, 0) is 55.8 Å². The molecule has 1 aliphatic heterocycles. The minimum atomic E-state index is -1.15. The number of pyridine rings is 1. The maximum Gasteiger partial charge on any atom is 0.339 e. The third kappa shape index (κ3) is 7.37. The van der Waals surface area contributed by atoms with E-state index < -0.39 is 23.9 Å². The zero-order chi connectivity index (χ0) is 24.3. The lowest BCUT2D eigenvalue weighted by Crippen LogP contribution is -2.44. The van der Waals surface area contributed by atoms with Crippen LogP contribution >= 0.6 is 0 Å². The first-order valence-electron chi connectivity index (χ1n) is 10.8. The highest BCUT2D eigenvalue weighted by atomic mass is 16.6. The van der Waals surface area contributed by atoms with Crippen LogP contribution in [0.25, 0.3) is 0 Å². The molecule has 1 saturated heterocycles. The van der Waals surface area contributed by atoms with Crippen molar-refractivity contribution < 1.29 is 28.6 Å². The molecule has 178 valence electrons. The molecule has 0 unspecified atom stereocenters. The topological polar surface area (TPSA) is 140 Å². The summed E-state index contributed by atoms with van der Waals surface area (Å²) in [6.07, 6.45) is 2.81. The lowest BCUT2D eigenvalue weighted by molar-refractivity contribution is -0.165. The van der Waals surface area contributed by atoms with Gasteiger partial charge in [0.25, 0.3) is 5.91 Å². The molecule has 0 bridgehead atoms. The Balaban J connectivity index is 1.66. The van der Waals surface area contributed by atoms with Crippen LogP contribution in [0.2, 0.25) is 0 Å². The van der Waals surface area contributed by atoms with E-state index in [9.17, 15) is 14.4 Å². The van der Waals surface area contributed by atoms with E-state index in [1.807, 2.05) is 6.07 Å². The maximum atomic E-state index is 12.8. The van der Waals surface area contributed by atoms with Gasteiger partial charge in [0.05, 0.1) is 18.8 Å². The Bertz CT molecular complexity index is 1030. The van der Waals surface area contributed by atoms with Crippen molar-refractivity contribution in [3.05, 3.63) is 59.4 Å². The molecule has 0 aliphatic carbocycles. The van der Waals surface area contributed by atoms with Gasteiger partial charge >= 0.3 is 11.9 Å². The predicted octanol–water partition coefficient (Wildman–Crippen LogP) is 1.14. The van der Waals surface area contributed by atoms with Crippen LogP contribution in [0.15, 0.2) is 42.6 Å². The fourth-order valence-corrected chi connectivity index (χ4v) is 3.38. The molecule has 2 N–H and O–H groups in total. The number of nitrogens with zero attached hydrogens (tertiary/aromatic N) is 2. The molecule has 0 radical (unpaired) electrons. The van der Waals surface area contributed by atoms with Crippen molar-refractivity contribution in [3.8, 4) is 11.8 Å². The van der Waals surface area contributed by atoms with E-state index in [0.29, 0.717) is 16.9 Å². The molecule has 1 aromatic heterocycles. The van der Waals surface area contributed by atoms with E-state index in [-0.39, 0.29) is 24.8 Å². The second kappa shape index (κ2) is 12.4. The van der Waals surface area contributed by atoms with E-state index in [0.717, 1.165) is 25.9 Å². The number of hydrogen-bond acceptors (Lipinski definition) is 9. The van der Waals surface area contributed by atoms with Crippen LogP contribution in [-0.4, -0.2) is 61.8 Å². The van der Waals surface area contributed by atoms with Gasteiger partial charge in [-0.15, -0.1) is 0 Å². The van der Waals surface area contributed by atoms with Crippen LogP contribution in [0.5, 0.6) is 5.75 Å². The highest BCUT2D eigenvalue weighted by molar-refractivity contribution is 5.97. The van der Waals surface area contributed by atoms with E-state index >= 15 is 0 Å². The monoisotopic (exact) mass is 466 g/mol. The molecule has 1 aromatic carbocycles. The molecule has 34 heavy (non-hydrogen) atoms. The molecule has 2 heterocycles. The SMILES string of the molecule is COc1ccc(C[C@H](NC(=O)c2ccc(C#N)cn2)C(=O)OC(=O)COC2CCNCC2)cc1. The molecular formula is C24H26N4O6. The Hall–Kier alpha value is -3.81. The number of methoxy groups -OCH3 is 1. The summed E-state index contributed by atoms with van der Waals surface area (Å²) < 4.78 is 15.6. The number of nitriles is 1. The summed E-state index contributed by atoms with van der Waals surface area (Å²) in [5, 5.41) is 14.7. The number of carbonyl (C=O) groups is 3. The van der Waals surface area contributed by atoms with Gasteiger partial charge < -0.3 is 24.8 Å². The zero-order valence-corrected chi connectivity index (χ0v) is 18.8. The quantitative estimate of drug-likeness (QED) is 0.411. The predicted molar refractivity (Wildman–Crippen MR) is 120 cm³/mol. The fourth-order valence-electron chi connectivity index (χ4n) is 3.38. The zero-order valence-electron chi connectivity index (χ0n) is 18.8. The first kappa shape index (κ1) is 24.8. The number of esters is 2. The summed E-state index contributed by atoms with van der Waals surface area (Å²) in [6.45, 7) is 1.26. The van der Waals surface area contributed by atoms with Gasteiger partial charge in [-0.25, -0.2) is 14.6 Å². The van der Waals surface area contributed by atoms with E-state index in [4.69, 9.17) is 19.5 Å². The Morgan fingerprint density at radius 3 is 2.53 bits per heavy atom. The van der Waals surface area contributed by atoms with Crippen LogP contribution in [0.1, 0.15) is 34.5 Å². The number of hydrogen-bond donors (Lipinski definition) is 2. The van der Waals surface area contributed by atoms with E-state index in [1.165, 1.54) is 25.4 Å². The highest BCUT2D eigenvalue weighted by Gasteiger charge is 2.27. The van der Waals surface area contributed by atoms with Crippen molar-refractivity contribution >= 4 is 17.8 Å². The number of rotatable bonds is 9. The molecule has 1 atom stereocenters. The van der Waals surface area contributed by atoms with Gasteiger partial charge in [-0.2, -0.15) is 5.26 Å². The van der Waals surface area contributed by atoms with Crippen LogP contribution in [-0.2, 0) is 25.5 Å². The molecule has 3 rings (SSSR count). The van der Waals surface area contributed by atoms with Crippen molar-refractivity contribution in [1.29, 1.82) is 5.26 Å². The van der Waals surface area contributed by atoms with Crippen LogP contribution in [0.3, 0.4) is 0 Å². The van der Waals surface area contributed by atoms with Crippen molar-refractivity contribution in [1.82, 2.24) is 15.6 Å². The highest BCUT2D eigenvalue weighted by Crippen LogP contribution is 2.14. The fraction of sp³-hybridized carbons (Fsp3) is 0.375. The summed E-state index contributed by atoms with van der Waals surface area (Å²) in [6, 6.07) is 10.5. The van der Waals surface area contributed by atoms with Crippen molar-refractivity contribution in [2.45, 2.75) is 31.4 Å². The van der Waals surface area contributed by atoms with Gasteiger partial charge in [0.1, 0.15) is 30.2 Å². The molecule has 10 nitrogen and oxygen atoms in total. The number of nitrogens with one attached hydrogen (secondary N) is 2. The van der Waals surface area contributed by atoms with Crippen LogP contribution in [0, 0.1) is 11.3 Å². The second-order valence-corrected chi connectivity index (χ2v) is 7.68. The molecular weight excluding hydrogens is 440 g/mol. The Morgan fingerprint density at radius 2 is 1.91 bits per heavy atom. The Kier molecular flexibility index (Phi) is 9.08. The largest absolute Gasteiger partial charge is 0.497 e. The molecule has 1 fully saturated rings. The molecule has 1 amide bonds. The Labute approximate surface area is 197 Å². The summed E-state index contributed by atoms with van der Waals surface area (Å²) in [5.74, 6) is -1.73. The second-order valence-electron chi connectivity index (χ2n) is 7.68. The number of ether oxygens (including phenoxy) is 3. The third-order valence-electron chi connectivity index (χ3n) is 5.25. The van der Waals surface area contributed by atoms with Crippen LogP contribution < -0.4 is 15.4 Å². The summed E-state index contributed by atoms with van der Waals surface area (Å²) in [4.78, 5) is 41.6. The average Bonchev–Trinajstić information content (AvgIpc) is 2.88. The standard InChI is InChI=1S/C24H26N4O6/c1-32-18-5-2-16(3-6-18)12-21(28-23(30)20-7-4-17(13-25)14-27-20)24(31)34-22(29)15-33-19-8-10-26-11-9-19/h2-7,14,19,21,26H,8-12,15H2,1H3,(H,28,30)/t21-/m0/s1. The number of amides is 1. The number of aromatic nitrogens is 1. The van der Waals surface area contributed by atoms with E-state index in [1.54, 1.807) is 24.3 Å². The normalized spacial score (nSPS) is 14.5. The number of carbonyl (C=O) groups excluding carboxylic acids is 3. The van der Waals surface area contributed by atoms with Crippen molar-refractivity contribution in [2.75, 3.05) is 26.8 Å². The van der Waals surface area contributed by atoms with Gasteiger partial charge in [0.15, 0.2) is 0 Å². The number of benzene rings is 1. The third-order valence-corrected chi connectivity index (χ3v) is 5.25. The number of piperidine rings is 1. The van der Waals surface area contributed by atoms with Crippen molar-refractivity contribution in [2.24, 2.45) is 0 Å². The summed E-state index contributed by atoms with van der Waals surface area (Å²) >= 11 is 0. The first-order valence-corrected chi connectivity index (χ1v) is 10.8. The average molecular weight is 466 g/mol. The molecule has 1 aliphatic rings. The van der Waals surface area contributed by atoms with Gasteiger partial charge in [-0.1, -0.05) is 12.1 Å². The first-order chi connectivity index (χ1) is 16.5. The maximum absolute atomic E-state index is 12.8. The summed E-state index contributed by atoms with van der Waals surface area (Å²) in [7, 11) is 1.54.